The summed E-state index contributed by atoms with van der Waals surface area (Å²) in [5, 5.41) is 7.91. The Kier molecular flexibility index (Phi) is 5.15. The number of carbonyl (C=O) groups excluding carboxylic acids is 1. The van der Waals surface area contributed by atoms with E-state index in [9.17, 15) is 31.1 Å². The largest absolute Gasteiger partial charge is 0.453 e. The Morgan fingerprint density at radius 3 is 2.40 bits per heavy atom. The fourth-order valence-electron chi connectivity index (χ4n) is 1.67. The van der Waals surface area contributed by atoms with Gasteiger partial charge >= 0.3 is 12.4 Å². The van der Waals surface area contributed by atoms with Gasteiger partial charge in [-0.2, -0.15) is 26.3 Å². The molecule has 2 aromatic rings. The molecule has 0 aliphatic carbocycles. The molecular formula is C12H9F6N5OS. The van der Waals surface area contributed by atoms with Crippen molar-refractivity contribution in [3.63, 3.8) is 0 Å². The molecule has 25 heavy (non-hydrogen) atoms. The lowest BCUT2D eigenvalue weighted by Gasteiger charge is -2.10. The standard InChI is InChI=1S/C12H9F6N5OS/c13-11(14,15)6-2-1-3-7(4-6)20-8(24)5-25-10-22-21-9(23(10)19)12(16,17)18/h1-4H,5,19H2,(H,20,24). The van der Waals surface area contributed by atoms with Crippen molar-refractivity contribution in [3.8, 4) is 0 Å². The number of hydrogen-bond donors (Lipinski definition) is 2. The SMILES string of the molecule is Nn1c(SCC(=O)Nc2cccc(C(F)(F)F)c2)nnc1C(F)(F)F. The van der Waals surface area contributed by atoms with Gasteiger partial charge in [0.25, 0.3) is 5.82 Å². The van der Waals surface area contributed by atoms with E-state index in [0.717, 1.165) is 18.2 Å². The van der Waals surface area contributed by atoms with E-state index in [1.54, 1.807) is 0 Å². The van der Waals surface area contributed by atoms with Crippen molar-refractivity contribution in [2.24, 2.45) is 0 Å². The second-order valence-electron chi connectivity index (χ2n) is 4.59. The number of thioether (sulfide) groups is 1. The highest BCUT2D eigenvalue weighted by Crippen LogP contribution is 2.31. The molecule has 1 aromatic heterocycles. The van der Waals surface area contributed by atoms with Crippen LogP contribution in [0.15, 0.2) is 29.4 Å². The Bertz CT molecular complexity index is 772. The van der Waals surface area contributed by atoms with Gasteiger partial charge < -0.3 is 11.2 Å². The highest BCUT2D eigenvalue weighted by molar-refractivity contribution is 7.99. The first-order valence-corrected chi connectivity index (χ1v) is 7.34. The van der Waals surface area contributed by atoms with Crippen LogP contribution in [0.3, 0.4) is 0 Å². The van der Waals surface area contributed by atoms with E-state index in [-0.39, 0.29) is 15.5 Å². The predicted molar refractivity (Wildman–Crippen MR) is 76.0 cm³/mol. The van der Waals surface area contributed by atoms with Crippen LogP contribution in [-0.4, -0.2) is 26.5 Å². The van der Waals surface area contributed by atoms with Crippen LogP contribution < -0.4 is 11.2 Å². The van der Waals surface area contributed by atoms with Gasteiger partial charge in [0, 0.05) is 5.69 Å². The minimum atomic E-state index is -4.80. The molecule has 3 N–H and O–H groups in total. The summed E-state index contributed by atoms with van der Waals surface area (Å²) in [5.74, 6) is 2.58. The van der Waals surface area contributed by atoms with E-state index >= 15 is 0 Å². The second-order valence-corrected chi connectivity index (χ2v) is 5.53. The van der Waals surface area contributed by atoms with Crippen LogP contribution >= 0.6 is 11.8 Å². The number of amides is 1. The van der Waals surface area contributed by atoms with Gasteiger partial charge in [-0.05, 0) is 18.2 Å². The van der Waals surface area contributed by atoms with E-state index in [0.29, 0.717) is 11.8 Å². The quantitative estimate of drug-likeness (QED) is 0.480. The summed E-state index contributed by atoms with van der Waals surface area (Å²) in [6.45, 7) is 0. The second kappa shape index (κ2) is 6.82. The zero-order chi connectivity index (χ0) is 18.8. The van der Waals surface area contributed by atoms with Crippen LogP contribution in [0.25, 0.3) is 0 Å². The average Bonchev–Trinajstić information content (AvgIpc) is 2.85. The summed E-state index contributed by atoms with van der Waals surface area (Å²) in [7, 11) is 0. The maximum absolute atomic E-state index is 12.6. The Morgan fingerprint density at radius 1 is 1.16 bits per heavy atom. The number of aromatic nitrogens is 3. The summed E-state index contributed by atoms with van der Waals surface area (Å²) in [6.07, 6.45) is -9.37. The zero-order valence-electron chi connectivity index (χ0n) is 12.0. The Balaban J connectivity index is 1.99. The molecule has 0 aliphatic rings. The first-order valence-electron chi connectivity index (χ1n) is 6.36. The first kappa shape index (κ1) is 18.9. The topological polar surface area (TPSA) is 85.8 Å². The molecule has 1 amide bonds. The molecule has 2 rings (SSSR count). The molecule has 0 saturated carbocycles. The zero-order valence-corrected chi connectivity index (χ0v) is 12.8. The number of hydrogen-bond acceptors (Lipinski definition) is 5. The molecule has 0 saturated heterocycles. The molecular weight excluding hydrogens is 376 g/mol. The molecule has 0 bridgehead atoms. The van der Waals surface area contributed by atoms with Crippen molar-refractivity contribution in [2.45, 2.75) is 17.5 Å². The lowest BCUT2D eigenvalue weighted by Crippen LogP contribution is -2.22. The van der Waals surface area contributed by atoms with Gasteiger partial charge in [-0.1, -0.05) is 17.8 Å². The molecule has 0 unspecified atom stereocenters. The monoisotopic (exact) mass is 385 g/mol. The number of halogens is 6. The fraction of sp³-hybridized carbons (Fsp3) is 0.250. The number of nitrogens with one attached hydrogen (secondary N) is 1. The molecule has 13 heteroatoms. The third-order valence-electron chi connectivity index (χ3n) is 2.72. The van der Waals surface area contributed by atoms with E-state index in [4.69, 9.17) is 5.84 Å². The summed E-state index contributed by atoms with van der Waals surface area (Å²) in [6, 6.07) is 3.92. The first-order chi connectivity index (χ1) is 11.5. The van der Waals surface area contributed by atoms with Gasteiger partial charge in [0.1, 0.15) is 0 Å². The molecule has 0 spiro atoms. The van der Waals surface area contributed by atoms with Crippen molar-refractivity contribution in [2.75, 3.05) is 16.9 Å². The van der Waals surface area contributed by atoms with Gasteiger partial charge in [0.2, 0.25) is 11.1 Å². The van der Waals surface area contributed by atoms with Crippen molar-refractivity contribution in [3.05, 3.63) is 35.7 Å². The third-order valence-corrected chi connectivity index (χ3v) is 3.67. The number of nitrogen functional groups attached to an aromatic ring is 1. The van der Waals surface area contributed by atoms with E-state index in [1.165, 1.54) is 6.07 Å². The van der Waals surface area contributed by atoms with Crippen molar-refractivity contribution in [1.82, 2.24) is 14.9 Å². The minimum absolute atomic E-state index is 0.106. The number of nitrogens with zero attached hydrogens (tertiary/aromatic N) is 3. The van der Waals surface area contributed by atoms with Gasteiger partial charge in [-0.3, -0.25) is 4.79 Å². The van der Waals surface area contributed by atoms with E-state index in [1.807, 2.05) is 0 Å². The van der Waals surface area contributed by atoms with Gasteiger partial charge in [-0.25, -0.2) is 4.68 Å². The maximum Gasteiger partial charge on any atom is 0.453 e. The summed E-state index contributed by atoms with van der Waals surface area (Å²) < 4.78 is 75.4. The van der Waals surface area contributed by atoms with Crippen LogP contribution in [0.5, 0.6) is 0 Å². The molecule has 136 valence electrons. The van der Waals surface area contributed by atoms with Gasteiger partial charge in [0.05, 0.1) is 11.3 Å². The summed E-state index contributed by atoms with van der Waals surface area (Å²) >= 11 is 0.551. The number of carbonyl (C=O) groups is 1. The summed E-state index contributed by atoms with van der Waals surface area (Å²) in [4.78, 5) is 11.7. The number of anilines is 1. The highest BCUT2D eigenvalue weighted by atomic mass is 32.2. The molecule has 0 atom stereocenters. The number of benzene rings is 1. The average molecular weight is 385 g/mol. The number of alkyl halides is 6. The minimum Gasteiger partial charge on any atom is -0.335 e. The number of nitrogens with two attached hydrogens (primary N) is 1. The Hall–Kier alpha value is -2.44. The van der Waals surface area contributed by atoms with Crippen molar-refractivity contribution in [1.29, 1.82) is 0 Å². The fourth-order valence-corrected chi connectivity index (χ4v) is 2.33. The molecule has 1 aromatic carbocycles. The molecule has 6 nitrogen and oxygen atoms in total. The van der Waals surface area contributed by atoms with E-state index < -0.39 is 35.4 Å². The van der Waals surface area contributed by atoms with Crippen LogP contribution in [0, 0.1) is 0 Å². The number of rotatable bonds is 4. The predicted octanol–water partition coefficient (Wildman–Crippen LogP) is 2.76. The molecule has 0 fully saturated rings. The molecule has 0 aliphatic heterocycles. The highest BCUT2D eigenvalue weighted by Gasteiger charge is 2.38. The van der Waals surface area contributed by atoms with Gasteiger partial charge in [-0.15, -0.1) is 10.2 Å². The Morgan fingerprint density at radius 2 is 1.84 bits per heavy atom. The maximum atomic E-state index is 12.6. The van der Waals surface area contributed by atoms with Crippen molar-refractivity contribution >= 4 is 23.4 Å². The van der Waals surface area contributed by atoms with Crippen LogP contribution in [-0.2, 0) is 17.1 Å². The van der Waals surface area contributed by atoms with E-state index in [2.05, 4.69) is 15.5 Å². The molecule has 0 radical (unpaired) electrons. The van der Waals surface area contributed by atoms with Crippen LogP contribution in [0.1, 0.15) is 11.4 Å². The third kappa shape index (κ3) is 4.78. The van der Waals surface area contributed by atoms with Crippen LogP contribution in [0.4, 0.5) is 32.0 Å². The van der Waals surface area contributed by atoms with Gasteiger partial charge in [0.15, 0.2) is 0 Å². The van der Waals surface area contributed by atoms with Crippen LogP contribution in [0.2, 0.25) is 0 Å². The smallest absolute Gasteiger partial charge is 0.335 e. The normalized spacial score (nSPS) is 12.2. The van der Waals surface area contributed by atoms with Crippen molar-refractivity contribution < 1.29 is 31.1 Å². The summed E-state index contributed by atoms with van der Waals surface area (Å²) in [5.41, 5.74) is -1.06. The lowest BCUT2D eigenvalue weighted by atomic mass is 10.2. The molecule has 1 heterocycles. The Labute approximate surface area is 140 Å². The lowest BCUT2D eigenvalue weighted by molar-refractivity contribution is -0.146.